The highest BCUT2D eigenvalue weighted by Crippen LogP contribution is 2.42. The van der Waals surface area contributed by atoms with Crippen LogP contribution in [0.5, 0.6) is 5.75 Å². The third-order valence-electron chi connectivity index (χ3n) is 4.18. The van der Waals surface area contributed by atoms with E-state index in [0.29, 0.717) is 34.6 Å². The Bertz CT molecular complexity index is 1260. The summed E-state index contributed by atoms with van der Waals surface area (Å²) >= 11 is 7.38. The van der Waals surface area contributed by atoms with Gasteiger partial charge in [-0.2, -0.15) is 4.72 Å². The van der Waals surface area contributed by atoms with Gasteiger partial charge in [0.1, 0.15) is 16.6 Å². The van der Waals surface area contributed by atoms with Crippen molar-refractivity contribution in [3.63, 3.8) is 0 Å². The number of pyridine rings is 1. The van der Waals surface area contributed by atoms with Crippen LogP contribution in [0.4, 0.5) is 13.2 Å². The summed E-state index contributed by atoms with van der Waals surface area (Å²) in [7, 11) is -7.79. The van der Waals surface area contributed by atoms with Crippen molar-refractivity contribution in [2.75, 3.05) is 13.3 Å². The molecule has 1 N–H and O–H groups in total. The third-order valence-corrected chi connectivity index (χ3v) is 8.50. The van der Waals surface area contributed by atoms with Crippen molar-refractivity contribution in [3.05, 3.63) is 53.3 Å². The van der Waals surface area contributed by atoms with E-state index in [1.165, 1.54) is 6.92 Å². The van der Waals surface area contributed by atoms with Crippen LogP contribution >= 0.6 is 31.2 Å². The summed E-state index contributed by atoms with van der Waals surface area (Å²) in [5.74, 6) is 0.378. The molecule has 0 aliphatic rings. The summed E-state index contributed by atoms with van der Waals surface area (Å²) < 4.78 is 89.7. The van der Waals surface area contributed by atoms with Crippen LogP contribution in [0.25, 0.3) is 10.1 Å². The highest BCUT2D eigenvalue weighted by atomic mass is 35.5. The molecule has 1 aromatic carbocycles. The number of rotatable bonds is 10. The molecule has 3 aromatic rings. The van der Waals surface area contributed by atoms with Crippen molar-refractivity contribution in [2.24, 2.45) is 0 Å². The minimum atomic E-state index is -5.18. The van der Waals surface area contributed by atoms with Crippen molar-refractivity contribution in [1.82, 2.24) is 4.72 Å². The van der Waals surface area contributed by atoms with Crippen molar-refractivity contribution in [2.45, 2.75) is 24.0 Å². The van der Waals surface area contributed by atoms with Crippen LogP contribution in [-0.2, 0) is 30.2 Å². The van der Waals surface area contributed by atoms with Crippen molar-refractivity contribution >= 4 is 51.3 Å². The van der Waals surface area contributed by atoms with E-state index in [1.807, 2.05) is 39.9 Å². The Hall–Kier alpha value is -1.86. The number of aromatic nitrogens is 1. The van der Waals surface area contributed by atoms with Crippen LogP contribution in [0.3, 0.4) is 0 Å². The van der Waals surface area contributed by atoms with Gasteiger partial charge in [-0.15, -0.1) is 29.0 Å². The summed E-state index contributed by atoms with van der Waals surface area (Å²) in [5, 5.41) is 0.706. The van der Waals surface area contributed by atoms with Gasteiger partial charge in [-0.1, -0.05) is 17.7 Å². The molecule has 1 atom stereocenters. The molecular weight excluding hydrogens is 528 g/mol. The predicted octanol–water partition coefficient (Wildman–Crippen LogP) is 4.68. The van der Waals surface area contributed by atoms with Gasteiger partial charge < -0.3 is 4.74 Å². The number of benzene rings is 1. The van der Waals surface area contributed by atoms with E-state index in [1.54, 1.807) is 12.1 Å². The topological polar surface area (TPSA) is 94.8 Å². The first-order chi connectivity index (χ1) is 15.5. The van der Waals surface area contributed by atoms with Crippen LogP contribution in [0, 0.1) is 6.92 Å². The lowest BCUT2D eigenvalue weighted by Gasteiger charge is -2.08. The van der Waals surface area contributed by atoms with E-state index in [2.05, 4.69) is 9.05 Å². The van der Waals surface area contributed by atoms with Crippen LogP contribution < -0.4 is 14.0 Å². The van der Waals surface area contributed by atoms with E-state index in [4.69, 9.17) is 16.3 Å². The van der Waals surface area contributed by atoms with Gasteiger partial charge in [0.2, 0.25) is 0 Å². The van der Waals surface area contributed by atoms with Gasteiger partial charge in [0, 0.05) is 26.8 Å². The Labute approximate surface area is 196 Å². The number of thiophene rings is 1. The fourth-order valence-electron chi connectivity index (χ4n) is 2.80. The molecule has 3 rings (SSSR count). The lowest BCUT2D eigenvalue weighted by molar-refractivity contribution is -0.697. The number of nitrogens with one attached hydrogen (secondary N) is 1. The molecule has 0 saturated heterocycles. The van der Waals surface area contributed by atoms with E-state index in [9.17, 15) is 26.2 Å². The molecule has 0 aliphatic carbocycles. The molecule has 0 fully saturated rings. The second-order valence-electron chi connectivity index (χ2n) is 6.41. The zero-order chi connectivity index (χ0) is 24.2. The fraction of sp³-hybridized carbons (Fsp3) is 0.278. The average molecular weight is 545 g/mol. The number of aryl methyl sites for hydroxylation is 1. The first kappa shape index (κ1) is 25.8. The lowest BCUT2D eigenvalue weighted by Crippen LogP contribution is -2.35. The maximum absolute atomic E-state index is 12.6. The molecule has 0 spiro atoms. The second-order valence-corrected chi connectivity index (χ2v) is 10.7. The number of sulfonamides is 1. The molecule has 8 nitrogen and oxygen atoms in total. The molecule has 2 aromatic heterocycles. The summed E-state index contributed by atoms with van der Waals surface area (Å²) in [5.41, 5.74) is 0.325. The van der Waals surface area contributed by atoms with E-state index in [0.717, 1.165) is 11.3 Å². The summed E-state index contributed by atoms with van der Waals surface area (Å²) in [6.07, 6.45) is -1.41. The largest absolute Gasteiger partial charge is 0.707 e. The van der Waals surface area contributed by atoms with Gasteiger partial charge in [0.05, 0.1) is 5.02 Å². The van der Waals surface area contributed by atoms with Gasteiger partial charge >= 0.3 is 14.6 Å². The predicted molar refractivity (Wildman–Crippen MR) is 115 cm³/mol. The molecule has 0 aliphatic heterocycles. The average Bonchev–Trinajstić information content (AvgIpc) is 3.07. The number of ether oxygens (including phenoxy) is 1. The molecule has 33 heavy (non-hydrogen) atoms. The van der Waals surface area contributed by atoms with Gasteiger partial charge in [-0.3, -0.25) is 0 Å². The fourth-order valence-corrected chi connectivity index (χ4v) is 6.38. The summed E-state index contributed by atoms with van der Waals surface area (Å²) in [4.78, 5) is 0. The Morgan fingerprint density at radius 3 is 2.58 bits per heavy atom. The minimum Gasteiger partial charge on any atom is -0.485 e. The quantitative estimate of drug-likeness (QED) is 0.226. The molecule has 0 radical (unpaired) electrons. The molecule has 178 valence electrons. The number of hydrogen-bond acceptors (Lipinski definition) is 7. The van der Waals surface area contributed by atoms with Crippen LogP contribution in [0.1, 0.15) is 5.56 Å². The van der Waals surface area contributed by atoms with Crippen molar-refractivity contribution in [1.29, 1.82) is 0 Å². The van der Waals surface area contributed by atoms with E-state index in [-0.39, 0.29) is 9.23 Å². The number of alkyl halides is 3. The summed E-state index contributed by atoms with van der Waals surface area (Å²) in [6, 6.07) is 8.95. The molecule has 0 bridgehead atoms. The normalized spacial score (nSPS) is 12.8. The molecular formula is C18H17ClF3N2O6PS2+2. The van der Waals surface area contributed by atoms with E-state index < -0.39 is 31.4 Å². The van der Waals surface area contributed by atoms with E-state index >= 15 is 0 Å². The Kier molecular flexibility index (Phi) is 8.27. The lowest BCUT2D eigenvalue weighted by atomic mass is 10.2. The van der Waals surface area contributed by atoms with Crippen LogP contribution in [0.2, 0.25) is 5.02 Å². The molecule has 0 saturated carbocycles. The monoisotopic (exact) mass is 544 g/mol. The summed E-state index contributed by atoms with van der Waals surface area (Å²) in [6.45, 7) is 1.45. The zero-order valence-electron chi connectivity index (χ0n) is 16.8. The van der Waals surface area contributed by atoms with Crippen LogP contribution in [0.15, 0.2) is 46.9 Å². The number of halogens is 4. The SMILES string of the molecule is Cc1c(S(=O)(=O)NCO[P+](=O)OC(F)(F)F)sc2ccc(OCC[n+]3ccccc3)c(Cl)c12. The minimum absolute atomic E-state index is 0.119. The Balaban J connectivity index is 1.71. The Morgan fingerprint density at radius 2 is 1.91 bits per heavy atom. The third kappa shape index (κ3) is 6.82. The van der Waals surface area contributed by atoms with Gasteiger partial charge in [0.15, 0.2) is 25.7 Å². The maximum atomic E-state index is 12.6. The maximum Gasteiger partial charge on any atom is 0.707 e. The molecule has 15 heteroatoms. The number of hydrogen-bond donors (Lipinski definition) is 1. The van der Waals surface area contributed by atoms with Crippen molar-refractivity contribution in [3.8, 4) is 5.75 Å². The zero-order valence-corrected chi connectivity index (χ0v) is 20.1. The smallest absolute Gasteiger partial charge is 0.485 e. The number of fused-ring (bicyclic) bond motifs is 1. The second kappa shape index (κ2) is 10.6. The van der Waals surface area contributed by atoms with Gasteiger partial charge in [-0.25, -0.2) is 13.0 Å². The highest BCUT2D eigenvalue weighted by Gasteiger charge is 2.44. The van der Waals surface area contributed by atoms with Gasteiger partial charge in [-0.05, 0) is 29.1 Å². The van der Waals surface area contributed by atoms with Crippen molar-refractivity contribution < 1.29 is 44.5 Å². The molecule has 2 heterocycles. The van der Waals surface area contributed by atoms with Gasteiger partial charge in [0.25, 0.3) is 10.0 Å². The molecule has 1 unspecified atom stereocenters. The highest BCUT2D eigenvalue weighted by molar-refractivity contribution is 7.91. The molecule has 0 amide bonds. The van der Waals surface area contributed by atoms with Crippen LogP contribution in [-0.4, -0.2) is 28.1 Å². The standard InChI is InChI=1S/C18H17ClF3N2O6PS2/c1-12-15-14(6-5-13(16(15)19)28-10-9-24-7-3-2-4-8-24)32-17(12)33(26,27)23-11-29-31(25)30-18(20,21)22/h2-8,23H,9-11H2,1H3/q+2. The first-order valence-electron chi connectivity index (χ1n) is 9.12. The first-order valence-corrected chi connectivity index (χ1v) is 12.9. The Morgan fingerprint density at radius 1 is 1.21 bits per heavy atom. The number of nitrogens with zero attached hydrogens (tertiary/aromatic N) is 1.